The van der Waals surface area contributed by atoms with Crippen molar-refractivity contribution < 1.29 is 24.5 Å². The van der Waals surface area contributed by atoms with E-state index in [-0.39, 0.29) is 6.61 Å². The van der Waals surface area contributed by atoms with Gasteiger partial charge in [0.05, 0.1) is 23.2 Å². The van der Waals surface area contributed by atoms with E-state index in [0.717, 1.165) is 12.8 Å². The van der Waals surface area contributed by atoms with E-state index in [4.69, 9.17) is 9.47 Å². The van der Waals surface area contributed by atoms with Crippen LogP contribution in [0.1, 0.15) is 38.5 Å². The summed E-state index contributed by atoms with van der Waals surface area (Å²) in [4.78, 5) is 11.9. The van der Waals surface area contributed by atoms with E-state index in [1.165, 1.54) is 0 Å². The average Bonchev–Trinajstić information content (AvgIpc) is 2.57. The molecule has 18 heavy (non-hydrogen) atoms. The lowest BCUT2D eigenvalue weighted by molar-refractivity contribution is -0.187. The Morgan fingerprint density at radius 1 is 1.17 bits per heavy atom. The second kappa shape index (κ2) is 3.92. The van der Waals surface area contributed by atoms with Crippen molar-refractivity contribution in [3.05, 3.63) is 0 Å². The van der Waals surface area contributed by atoms with Gasteiger partial charge in [0.1, 0.15) is 0 Å². The summed E-state index contributed by atoms with van der Waals surface area (Å²) in [6, 6.07) is 0. The van der Waals surface area contributed by atoms with Gasteiger partial charge in [0.25, 0.3) is 0 Å². The molecule has 1 aliphatic carbocycles. The minimum absolute atomic E-state index is 0.0787. The number of carbonyl (C=O) groups is 1. The Morgan fingerprint density at radius 3 is 2.50 bits per heavy atom. The zero-order valence-electron chi connectivity index (χ0n) is 10.5. The van der Waals surface area contributed by atoms with E-state index in [1.54, 1.807) is 0 Å². The Kier molecular flexibility index (Phi) is 2.70. The first-order valence-electron chi connectivity index (χ1n) is 6.70. The van der Waals surface area contributed by atoms with Crippen LogP contribution in [0.5, 0.6) is 0 Å². The van der Waals surface area contributed by atoms with Gasteiger partial charge in [-0.1, -0.05) is 0 Å². The highest BCUT2D eigenvalue weighted by atomic mass is 16.6. The van der Waals surface area contributed by atoms with Crippen LogP contribution in [0.15, 0.2) is 0 Å². The molecule has 0 amide bonds. The maximum atomic E-state index is 11.9. The molecule has 0 radical (unpaired) electrons. The van der Waals surface area contributed by atoms with E-state index >= 15 is 0 Å². The number of carboxylic acids is 1. The molecule has 1 saturated carbocycles. The maximum absolute atomic E-state index is 11.9. The van der Waals surface area contributed by atoms with Crippen molar-refractivity contribution >= 4 is 5.97 Å². The first-order chi connectivity index (χ1) is 8.58. The van der Waals surface area contributed by atoms with E-state index in [9.17, 15) is 15.0 Å². The van der Waals surface area contributed by atoms with Crippen LogP contribution in [0.4, 0.5) is 0 Å². The van der Waals surface area contributed by atoms with Crippen molar-refractivity contribution in [1.29, 1.82) is 0 Å². The van der Waals surface area contributed by atoms with Gasteiger partial charge in [-0.2, -0.15) is 0 Å². The fraction of sp³-hybridized carbons (Fsp3) is 0.923. The molecular weight excluding hydrogens is 236 g/mol. The molecule has 2 N–H and O–H groups in total. The molecule has 0 aromatic heterocycles. The van der Waals surface area contributed by atoms with E-state index in [1.807, 2.05) is 0 Å². The largest absolute Gasteiger partial charge is 0.481 e. The Morgan fingerprint density at radius 2 is 1.89 bits per heavy atom. The molecule has 3 fully saturated rings. The summed E-state index contributed by atoms with van der Waals surface area (Å²) in [5, 5.41) is 19.4. The summed E-state index contributed by atoms with van der Waals surface area (Å²) in [6.07, 6.45) is 3.94. The van der Waals surface area contributed by atoms with E-state index in [2.05, 4.69) is 0 Å². The van der Waals surface area contributed by atoms with Crippen molar-refractivity contribution in [1.82, 2.24) is 0 Å². The van der Waals surface area contributed by atoms with Crippen molar-refractivity contribution in [2.45, 2.75) is 49.7 Å². The highest BCUT2D eigenvalue weighted by molar-refractivity contribution is 5.77. The Hall–Kier alpha value is -0.650. The van der Waals surface area contributed by atoms with Crippen LogP contribution in [0, 0.1) is 5.41 Å². The van der Waals surface area contributed by atoms with Crippen LogP contribution in [0.25, 0.3) is 0 Å². The van der Waals surface area contributed by atoms with Gasteiger partial charge < -0.3 is 19.7 Å². The summed E-state index contributed by atoms with van der Waals surface area (Å²) in [5.41, 5.74) is -2.08. The normalized spacial score (nSPS) is 42.1. The van der Waals surface area contributed by atoms with Gasteiger partial charge >= 0.3 is 5.97 Å². The molecule has 3 aliphatic rings. The molecule has 3 rings (SSSR count). The van der Waals surface area contributed by atoms with Gasteiger partial charge in [-0.15, -0.1) is 0 Å². The zero-order valence-corrected chi connectivity index (χ0v) is 10.5. The molecule has 5 nitrogen and oxygen atoms in total. The van der Waals surface area contributed by atoms with Gasteiger partial charge in [-0.25, -0.2) is 0 Å². The number of aliphatic hydroxyl groups is 1. The third-order valence-electron chi connectivity index (χ3n) is 5.14. The summed E-state index contributed by atoms with van der Waals surface area (Å²) in [5.74, 6) is -0.764. The van der Waals surface area contributed by atoms with Crippen molar-refractivity contribution in [2.75, 3.05) is 19.8 Å². The van der Waals surface area contributed by atoms with Crippen molar-refractivity contribution in [3.8, 4) is 0 Å². The van der Waals surface area contributed by atoms with Crippen LogP contribution in [-0.2, 0) is 14.3 Å². The zero-order chi connectivity index (χ0) is 12.9. The average molecular weight is 256 g/mol. The third-order valence-corrected chi connectivity index (χ3v) is 5.14. The Labute approximate surface area is 106 Å². The molecule has 102 valence electrons. The molecule has 1 spiro atoms. The van der Waals surface area contributed by atoms with E-state index < -0.39 is 22.6 Å². The topological polar surface area (TPSA) is 76.0 Å². The minimum atomic E-state index is -0.822. The van der Waals surface area contributed by atoms with Crippen LogP contribution < -0.4 is 0 Å². The van der Waals surface area contributed by atoms with Gasteiger partial charge in [0.2, 0.25) is 0 Å². The predicted molar refractivity (Wildman–Crippen MR) is 62.2 cm³/mol. The fourth-order valence-electron chi connectivity index (χ4n) is 4.25. The quantitative estimate of drug-likeness (QED) is 0.769. The summed E-state index contributed by atoms with van der Waals surface area (Å²) < 4.78 is 11.6. The van der Waals surface area contributed by atoms with Gasteiger partial charge in [-0.3, -0.25) is 4.79 Å². The minimum Gasteiger partial charge on any atom is -0.481 e. The first kappa shape index (κ1) is 12.4. The molecule has 0 unspecified atom stereocenters. The summed E-state index contributed by atoms with van der Waals surface area (Å²) in [7, 11) is 0. The monoisotopic (exact) mass is 256 g/mol. The lowest BCUT2D eigenvalue weighted by Gasteiger charge is -2.43. The number of aliphatic carboxylic acids is 1. The first-order valence-corrected chi connectivity index (χ1v) is 6.70. The summed E-state index contributed by atoms with van der Waals surface area (Å²) >= 11 is 0. The SMILES string of the molecule is O=C(O)[C@]12CCC[C@](CO)(C1)OC21CCOCC1. The number of hydrogen-bond acceptors (Lipinski definition) is 4. The number of fused-ring (bicyclic) bond motifs is 3. The van der Waals surface area contributed by atoms with Crippen molar-refractivity contribution in [2.24, 2.45) is 5.41 Å². The van der Waals surface area contributed by atoms with Gasteiger partial charge in [0, 0.05) is 26.1 Å². The standard InChI is InChI=1S/C13H20O5/c14-9-11-2-1-3-12(8-11,10(15)16)13(18-11)4-6-17-7-5-13/h14H,1-9H2,(H,15,16)/t11-,12+/m1/s1. The number of aliphatic hydroxyl groups excluding tert-OH is 1. The lowest BCUT2D eigenvalue weighted by Crippen LogP contribution is -2.53. The van der Waals surface area contributed by atoms with Crippen LogP contribution in [0.3, 0.4) is 0 Å². The second-order valence-corrected chi connectivity index (χ2v) is 5.97. The van der Waals surface area contributed by atoms with E-state index in [0.29, 0.717) is 38.9 Å². The molecule has 2 aliphatic heterocycles. The molecule has 2 saturated heterocycles. The number of carboxylic acid groups (broad SMARTS) is 1. The summed E-state index contributed by atoms with van der Waals surface area (Å²) in [6.45, 7) is 1.03. The molecule has 5 heteroatoms. The van der Waals surface area contributed by atoms with Crippen LogP contribution in [-0.4, -0.2) is 47.2 Å². The molecular formula is C13H20O5. The fourth-order valence-corrected chi connectivity index (χ4v) is 4.25. The third kappa shape index (κ3) is 1.41. The molecule has 2 bridgehead atoms. The smallest absolute Gasteiger partial charge is 0.312 e. The lowest BCUT2D eigenvalue weighted by atomic mass is 9.60. The van der Waals surface area contributed by atoms with Crippen LogP contribution in [0.2, 0.25) is 0 Å². The highest BCUT2D eigenvalue weighted by Gasteiger charge is 2.69. The highest BCUT2D eigenvalue weighted by Crippen LogP contribution is 2.62. The molecule has 0 aromatic carbocycles. The molecule has 2 atom stereocenters. The number of hydrogen-bond donors (Lipinski definition) is 2. The Balaban J connectivity index is 2.04. The van der Waals surface area contributed by atoms with Crippen LogP contribution >= 0.6 is 0 Å². The number of rotatable bonds is 2. The van der Waals surface area contributed by atoms with Gasteiger partial charge in [-0.05, 0) is 25.7 Å². The Bertz CT molecular complexity index is 362. The predicted octanol–water partition coefficient (Wildman–Crippen LogP) is 0.942. The van der Waals surface area contributed by atoms with Gasteiger partial charge in [0.15, 0.2) is 0 Å². The van der Waals surface area contributed by atoms with Crippen molar-refractivity contribution in [3.63, 3.8) is 0 Å². The maximum Gasteiger partial charge on any atom is 0.312 e. The molecule has 2 heterocycles. The second-order valence-electron chi connectivity index (χ2n) is 5.97. The number of ether oxygens (including phenoxy) is 2. The molecule has 0 aromatic rings.